The monoisotopic (exact) mass is 410 g/mol. The van der Waals surface area contributed by atoms with Gasteiger partial charge in [-0.15, -0.1) is 0 Å². The van der Waals surface area contributed by atoms with Crippen molar-refractivity contribution < 1.29 is 34.8 Å². The Bertz CT molecular complexity index is 472. The number of carboxylic acids is 3. The Morgan fingerprint density at radius 2 is 1.21 bits per heavy atom. The van der Waals surface area contributed by atoms with Gasteiger partial charge in [0.25, 0.3) is 0 Å². The molecule has 0 rings (SSSR count). The fourth-order valence-corrected chi connectivity index (χ4v) is 1.27. The lowest BCUT2D eigenvalue weighted by molar-refractivity contribution is -0.140. The van der Waals surface area contributed by atoms with Crippen LogP contribution in [0.25, 0.3) is 0 Å². The lowest BCUT2D eigenvalue weighted by atomic mass is 10.1. The highest BCUT2D eigenvalue weighted by atomic mass is 16.4. The number of aliphatic carboxylic acids is 3. The third kappa shape index (κ3) is 23.5. The van der Waals surface area contributed by atoms with Crippen LogP contribution in [0.5, 0.6) is 0 Å². The van der Waals surface area contributed by atoms with Gasteiger partial charge in [0.1, 0.15) is 18.1 Å². The van der Waals surface area contributed by atoms with Crippen LogP contribution in [0.15, 0.2) is 4.99 Å². The summed E-state index contributed by atoms with van der Waals surface area (Å²) in [5, 5.41) is 32.6. The number of nitrogens with zero attached hydrogens (tertiary/aromatic N) is 1. The quantitative estimate of drug-likeness (QED) is 0.0965. The first kappa shape index (κ1) is 30.3. The molecule has 0 aliphatic carbocycles. The van der Waals surface area contributed by atoms with Gasteiger partial charge in [-0.05, 0) is 19.3 Å². The van der Waals surface area contributed by atoms with E-state index < -0.39 is 42.6 Å². The summed E-state index contributed by atoms with van der Waals surface area (Å²) in [6.07, 6.45) is 3.44. The molecule has 13 nitrogen and oxygen atoms in total. The number of rotatable bonds is 11. The molecule has 0 aliphatic rings. The molecule has 0 heterocycles. The number of aliphatic hydroxyl groups excluding tert-OH is 1. The van der Waals surface area contributed by atoms with Crippen molar-refractivity contribution in [3.63, 3.8) is 0 Å². The van der Waals surface area contributed by atoms with Crippen molar-refractivity contribution in [3.05, 3.63) is 0 Å². The van der Waals surface area contributed by atoms with E-state index in [4.69, 9.17) is 49.1 Å². The van der Waals surface area contributed by atoms with Crippen LogP contribution in [0.2, 0.25) is 0 Å². The molecular formula is C15H34N6O7. The van der Waals surface area contributed by atoms with E-state index in [1.54, 1.807) is 0 Å². The van der Waals surface area contributed by atoms with E-state index in [2.05, 4.69) is 4.99 Å². The maximum absolute atomic E-state index is 10.2. The Labute approximate surface area is 163 Å². The maximum Gasteiger partial charge on any atom is 0.322 e. The minimum Gasteiger partial charge on any atom is -0.480 e. The lowest BCUT2D eigenvalue weighted by Gasteiger charge is -2.03. The highest BCUT2D eigenvalue weighted by Gasteiger charge is 2.10. The van der Waals surface area contributed by atoms with Crippen LogP contribution < -0.4 is 28.7 Å². The Kier molecular flexibility index (Phi) is 20.8. The molecule has 3 atom stereocenters. The van der Waals surface area contributed by atoms with Crippen LogP contribution in [0.3, 0.4) is 0 Å². The summed E-state index contributed by atoms with van der Waals surface area (Å²) in [6, 6.07) is -2.61. The number of guanidine groups is 1. The van der Waals surface area contributed by atoms with Gasteiger partial charge in [-0.1, -0.05) is 19.8 Å². The van der Waals surface area contributed by atoms with Gasteiger partial charge in [0.2, 0.25) is 0 Å². The van der Waals surface area contributed by atoms with Crippen molar-refractivity contribution in [1.82, 2.24) is 0 Å². The van der Waals surface area contributed by atoms with Crippen molar-refractivity contribution >= 4 is 23.9 Å². The molecule has 0 radical (unpaired) electrons. The van der Waals surface area contributed by atoms with E-state index in [0.717, 1.165) is 12.8 Å². The number of unbranched alkanes of at least 4 members (excludes halogenated alkanes) is 1. The summed E-state index contributed by atoms with van der Waals surface area (Å²) in [5.41, 5.74) is 25.3. The second-order valence-electron chi connectivity index (χ2n) is 5.61. The molecule has 166 valence electrons. The number of aliphatic imine (C=N–C) groups is 1. The zero-order valence-corrected chi connectivity index (χ0v) is 16.0. The van der Waals surface area contributed by atoms with E-state index in [9.17, 15) is 14.4 Å². The van der Waals surface area contributed by atoms with Crippen LogP contribution >= 0.6 is 0 Å². The highest BCUT2D eigenvalue weighted by molar-refractivity contribution is 5.75. The van der Waals surface area contributed by atoms with Crippen LogP contribution in [0, 0.1) is 0 Å². The zero-order valence-electron chi connectivity index (χ0n) is 16.0. The van der Waals surface area contributed by atoms with E-state index in [-0.39, 0.29) is 5.96 Å². The van der Waals surface area contributed by atoms with Gasteiger partial charge in [-0.3, -0.25) is 19.4 Å². The minimum atomic E-state index is -1.18. The molecule has 28 heavy (non-hydrogen) atoms. The first-order valence-corrected chi connectivity index (χ1v) is 8.51. The highest BCUT2D eigenvalue weighted by Crippen LogP contribution is 1.97. The van der Waals surface area contributed by atoms with Crippen LogP contribution in [0.4, 0.5) is 0 Å². The van der Waals surface area contributed by atoms with E-state index in [1.807, 2.05) is 6.92 Å². The topological polar surface area (TPSA) is 275 Å². The molecule has 1 unspecified atom stereocenters. The molecule has 0 saturated heterocycles. The molecule has 0 bridgehead atoms. The molecule has 0 aromatic carbocycles. The Balaban J connectivity index is -0.000000349. The first-order valence-electron chi connectivity index (χ1n) is 8.51. The van der Waals surface area contributed by atoms with E-state index in [0.29, 0.717) is 25.8 Å². The normalized spacial score (nSPS) is 12.8. The van der Waals surface area contributed by atoms with Crippen LogP contribution in [-0.4, -0.2) is 75.6 Å². The fraction of sp³-hybridized carbons (Fsp3) is 0.733. The van der Waals surface area contributed by atoms with Crippen molar-refractivity contribution in [2.24, 2.45) is 33.7 Å². The largest absolute Gasteiger partial charge is 0.480 e. The van der Waals surface area contributed by atoms with Crippen molar-refractivity contribution in [2.45, 2.75) is 57.2 Å². The van der Waals surface area contributed by atoms with Crippen molar-refractivity contribution in [3.8, 4) is 0 Å². The summed E-state index contributed by atoms with van der Waals surface area (Å²) >= 11 is 0. The SMILES string of the molecule is CCCCC(N)C(=O)O.NC(N)=NCCC[C@H](N)C(=O)O.N[C@@H](CO)C(=O)O. The summed E-state index contributed by atoms with van der Waals surface area (Å²) < 4.78 is 0. The van der Waals surface area contributed by atoms with Gasteiger partial charge >= 0.3 is 17.9 Å². The molecule has 0 fully saturated rings. The van der Waals surface area contributed by atoms with Gasteiger partial charge in [-0.25, -0.2) is 0 Å². The average molecular weight is 410 g/mol. The van der Waals surface area contributed by atoms with Gasteiger partial charge in [0, 0.05) is 6.54 Å². The summed E-state index contributed by atoms with van der Waals surface area (Å²) in [5.74, 6) is -3.07. The Hall–Kier alpha value is -2.48. The molecule has 0 aromatic heterocycles. The summed E-state index contributed by atoms with van der Waals surface area (Å²) in [4.78, 5) is 33.6. The molecular weight excluding hydrogens is 376 g/mol. The third-order valence-electron chi connectivity index (χ3n) is 2.98. The average Bonchev–Trinajstić information content (AvgIpc) is 2.62. The lowest BCUT2D eigenvalue weighted by Crippen LogP contribution is -2.33. The molecule has 14 N–H and O–H groups in total. The predicted molar refractivity (Wildman–Crippen MR) is 103 cm³/mol. The van der Waals surface area contributed by atoms with Gasteiger partial charge in [-0.2, -0.15) is 0 Å². The smallest absolute Gasteiger partial charge is 0.322 e. The molecule has 13 heteroatoms. The number of nitrogens with two attached hydrogens (primary N) is 5. The van der Waals surface area contributed by atoms with Crippen LogP contribution in [0.1, 0.15) is 39.0 Å². The Morgan fingerprint density at radius 1 is 0.821 bits per heavy atom. The van der Waals surface area contributed by atoms with Gasteiger partial charge in [0.15, 0.2) is 5.96 Å². The summed E-state index contributed by atoms with van der Waals surface area (Å²) in [6.45, 7) is 1.92. The fourth-order valence-electron chi connectivity index (χ4n) is 1.27. The number of carbonyl (C=O) groups is 3. The van der Waals surface area contributed by atoms with Gasteiger partial charge in [0.05, 0.1) is 6.61 Å². The number of carboxylic acid groups (broad SMARTS) is 3. The minimum absolute atomic E-state index is 0.0129. The second-order valence-corrected chi connectivity index (χ2v) is 5.61. The molecule has 0 aliphatic heterocycles. The third-order valence-corrected chi connectivity index (χ3v) is 2.98. The first-order chi connectivity index (χ1) is 12.9. The standard InChI is InChI=1S/C6H14N4O2.C6H13NO2.C3H7NO3/c7-4(5(11)12)2-1-3-10-6(8)9;1-2-3-4-5(7)6(8)9;4-2(1-5)3(6)7/h4H,1-3,7H2,(H,11,12)(H4,8,9,10);5H,2-4,7H2,1H3,(H,8,9);2,5H,1,4H2,(H,6,7)/t4-;;2-/m0.0/s1. The number of hydrogen-bond acceptors (Lipinski definition) is 8. The Morgan fingerprint density at radius 3 is 1.46 bits per heavy atom. The van der Waals surface area contributed by atoms with Crippen molar-refractivity contribution in [2.75, 3.05) is 13.2 Å². The molecule has 0 aromatic rings. The summed E-state index contributed by atoms with van der Waals surface area (Å²) in [7, 11) is 0. The second kappa shape index (κ2) is 19.3. The molecule has 0 spiro atoms. The number of hydrogen-bond donors (Lipinski definition) is 9. The van der Waals surface area contributed by atoms with Gasteiger partial charge < -0.3 is 49.1 Å². The number of aliphatic hydroxyl groups is 1. The maximum atomic E-state index is 10.2. The zero-order chi connectivity index (χ0) is 22.7. The molecule has 0 amide bonds. The van der Waals surface area contributed by atoms with E-state index in [1.165, 1.54) is 0 Å². The molecule has 0 saturated carbocycles. The van der Waals surface area contributed by atoms with E-state index >= 15 is 0 Å². The van der Waals surface area contributed by atoms with Crippen molar-refractivity contribution in [1.29, 1.82) is 0 Å². The van der Waals surface area contributed by atoms with Crippen LogP contribution in [-0.2, 0) is 14.4 Å². The predicted octanol–water partition coefficient (Wildman–Crippen LogP) is -2.57.